The summed E-state index contributed by atoms with van der Waals surface area (Å²) in [5.74, 6) is 0.350. The summed E-state index contributed by atoms with van der Waals surface area (Å²) in [6.07, 6.45) is -1.65. The minimum atomic E-state index is -4.43. The monoisotopic (exact) mass is 256 g/mol. The summed E-state index contributed by atoms with van der Waals surface area (Å²) >= 11 is 0. The molecule has 6 heteroatoms. The third-order valence-electron chi connectivity index (χ3n) is 2.44. The van der Waals surface area contributed by atoms with Crippen LogP contribution >= 0.6 is 0 Å². The Balaban J connectivity index is 2.24. The smallest absolute Gasteiger partial charge is 0.419 e. The number of halogens is 3. The van der Waals surface area contributed by atoms with Crippen LogP contribution in [0.4, 0.5) is 19.0 Å². The molecule has 96 valence electrons. The van der Waals surface area contributed by atoms with E-state index in [1.54, 1.807) is 19.1 Å². The standard InChI is InChI=1S/C12H11F3N2O/c1-8(10-5-3-7-18-10)17-11-9(12(13,14)15)4-2-6-16-11/h2-8H,1H3,(H,16,17). The van der Waals surface area contributed by atoms with E-state index < -0.39 is 17.8 Å². The zero-order valence-corrected chi connectivity index (χ0v) is 9.53. The highest BCUT2D eigenvalue weighted by Gasteiger charge is 2.34. The molecule has 0 bridgehead atoms. The maximum absolute atomic E-state index is 12.7. The van der Waals surface area contributed by atoms with Gasteiger partial charge in [0.2, 0.25) is 0 Å². The number of nitrogens with one attached hydrogen (secondary N) is 1. The summed E-state index contributed by atoms with van der Waals surface area (Å²) in [5, 5.41) is 2.69. The molecule has 2 rings (SSSR count). The molecule has 0 radical (unpaired) electrons. The van der Waals surface area contributed by atoms with Gasteiger partial charge in [-0.25, -0.2) is 4.98 Å². The van der Waals surface area contributed by atoms with Crippen molar-refractivity contribution in [1.29, 1.82) is 0 Å². The first-order valence-electron chi connectivity index (χ1n) is 5.30. The molecule has 0 aromatic carbocycles. The van der Waals surface area contributed by atoms with Gasteiger partial charge in [0.05, 0.1) is 17.9 Å². The van der Waals surface area contributed by atoms with E-state index in [9.17, 15) is 13.2 Å². The second kappa shape index (κ2) is 4.72. The summed E-state index contributed by atoms with van der Waals surface area (Å²) in [6.45, 7) is 1.70. The Morgan fingerprint density at radius 2 is 2.06 bits per heavy atom. The van der Waals surface area contributed by atoms with Crippen LogP contribution in [0.1, 0.15) is 24.3 Å². The lowest BCUT2D eigenvalue weighted by atomic mass is 10.2. The fraction of sp³-hybridized carbons (Fsp3) is 0.250. The molecule has 3 nitrogen and oxygen atoms in total. The molecule has 1 atom stereocenters. The van der Waals surface area contributed by atoms with Crippen LogP contribution in [-0.4, -0.2) is 4.98 Å². The van der Waals surface area contributed by atoms with E-state index in [4.69, 9.17) is 4.42 Å². The molecule has 0 saturated carbocycles. The van der Waals surface area contributed by atoms with Gasteiger partial charge in [0.15, 0.2) is 0 Å². The Labute approximate surface area is 102 Å². The van der Waals surface area contributed by atoms with Crippen LogP contribution < -0.4 is 5.32 Å². The summed E-state index contributed by atoms with van der Waals surface area (Å²) in [4.78, 5) is 3.72. The second-order valence-corrected chi connectivity index (χ2v) is 3.78. The van der Waals surface area contributed by atoms with E-state index in [1.165, 1.54) is 18.5 Å². The van der Waals surface area contributed by atoms with Crippen LogP contribution in [0.3, 0.4) is 0 Å². The molecule has 0 aliphatic carbocycles. The molecule has 0 amide bonds. The van der Waals surface area contributed by atoms with E-state index in [2.05, 4.69) is 10.3 Å². The number of hydrogen-bond donors (Lipinski definition) is 1. The van der Waals surface area contributed by atoms with Crippen LogP contribution in [-0.2, 0) is 6.18 Å². The third kappa shape index (κ3) is 2.64. The molecule has 1 unspecified atom stereocenters. The summed E-state index contributed by atoms with van der Waals surface area (Å²) in [7, 11) is 0. The minimum Gasteiger partial charge on any atom is -0.467 e. The molecule has 2 aromatic rings. The number of rotatable bonds is 3. The first-order chi connectivity index (χ1) is 8.48. The van der Waals surface area contributed by atoms with Gasteiger partial charge < -0.3 is 9.73 Å². The average Bonchev–Trinajstić information content (AvgIpc) is 2.81. The molecular formula is C12H11F3N2O. The first kappa shape index (κ1) is 12.5. The molecule has 2 aromatic heterocycles. The number of alkyl halides is 3. The van der Waals surface area contributed by atoms with Crippen molar-refractivity contribution in [1.82, 2.24) is 4.98 Å². The minimum absolute atomic E-state index is 0.200. The molecule has 0 saturated heterocycles. The van der Waals surface area contributed by atoms with E-state index in [1.807, 2.05) is 0 Å². The number of anilines is 1. The molecular weight excluding hydrogens is 245 g/mol. The van der Waals surface area contributed by atoms with Crippen molar-refractivity contribution in [3.63, 3.8) is 0 Å². The number of aromatic nitrogens is 1. The maximum atomic E-state index is 12.7. The van der Waals surface area contributed by atoms with Gasteiger partial charge in [-0.1, -0.05) is 0 Å². The molecule has 0 aliphatic heterocycles. The van der Waals surface area contributed by atoms with Crippen LogP contribution in [0.5, 0.6) is 0 Å². The molecule has 1 N–H and O–H groups in total. The lowest BCUT2D eigenvalue weighted by Gasteiger charge is -2.16. The fourth-order valence-corrected chi connectivity index (χ4v) is 1.56. The van der Waals surface area contributed by atoms with Gasteiger partial charge >= 0.3 is 6.18 Å². The van der Waals surface area contributed by atoms with Crippen molar-refractivity contribution >= 4 is 5.82 Å². The Kier molecular flexibility index (Phi) is 3.27. The van der Waals surface area contributed by atoms with E-state index in [0.29, 0.717) is 5.76 Å². The van der Waals surface area contributed by atoms with Crippen molar-refractivity contribution in [2.45, 2.75) is 19.1 Å². The number of furan rings is 1. The Morgan fingerprint density at radius 1 is 1.28 bits per heavy atom. The molecule has 18 heavy (non-hydrogen) atoms. The van der Waals surface area contributed by atoms with Crippen molar-refractivity contribution < 1.29 is 17.6 Å². The maximum Gasteiger partial charge on any atom is 0.419 e. The van der Waals surface area contributed by atoms with Crippen molar-refractivity contribution in [2.24, 2.45) is 0 Å². The van der Waals surface area contributed by atoms with Gasteiger partial charge in [0.25, 0.3) is 0 Å². The molecule has 0 fully saturated rings. The van der Waals surface area contributed by atoms with E-state index >= 15 is 0 Å². The van der Waals surface area contributed by atoms with Crippen LogP contribution in [0.25, 0.3) is 0 Å². The fourth-order valence-electron chi connectivity index (χ4n) is 1.56. The predicted molar refractivity (Wildman–Crippen MR) is 60.0 cm³/mol. The summed E-state index contributed by atoms with van der Waals surface area (Å²) in [6, 6.07) is 5.22. The highest BCUT2D eigenvalue weighted by Crippen LogP contribution is 2.34. The van der Waals surface area contributed by atoms with Gasteiger partial charge in [-0.3, -0.25) is 0 Å². The quantitative estimate of drug-likeness (QED) is 0.905. The third-order valence-corrected chi connectivity index (χ3v) is 2.44. The van der Waals surface area contributed by atoms with E-state index in [-0.39, 0.29) is 5.82 Å². The predicted octanol–water partition coefficient (Wildman–Crippen LogP) is 3.87. The SMILES string of the molecule is CC(Nc1ncccc1C(F)(F)F)c1ccco1. The zero-order valence-electron chi connectivity index (χ0n) is 9.53. The highest BCUT2D eigenvalue weighted by atomic mass is 19.4. The number of nitrogens with zero attached hydrogens (tertiary/aromatic N) is 1. The van der Waals surface area contributed by atoms with E-state index in [0.717, 1.165) is 6.07 Å². The van der Waals surface area contributed by atoms with Crippen molar-refractivity contribution in [3.05, 3.63) is 48.0 Å². The first-order valence-corrected chi connectivity index (χ1v) is 5.30. The molecule has 0 spiro atoms. The summed E-state index contributed by atoms with van der Waals surface area (Å²) < 4.78 is 43.3. The van der Waals surface area contributed by atoms with Gasteiger partial charge in [0, 0.05) is 6.20 Å². The zero-order chi connectivity index (χ0) is 13.2. The number of hydrogen-bond acceptors (Lipinski definition) is 3. The lowest BCUT2D eigenvalue weighted by Crippen LogP contribution is -2.14. The Hall–Kier alpha value is -1.98. The molecule has 2 heterocycles. The Morgan fingerprint density at radius 3 is 2.67 bits per heavy atom. The average molecular weight is 256 g/mol. The normalized spacial score (nSPS) is 13.3. The molecule has 0 aliphatic rings. The van der Waals surface area contributed by atoms with Gasteiger partial charge in [-0.05, 0) is 31.2 Å². The van der Waals surface area contributed by atoms with Gasteiger partial charge in [-0.2, -0.15) is 13.2 Å². The highest BCUT2D eigenvalue weighted by molar-refractivity contribution is 5.46. The summed E-state index contributed by atoms with van der Waals surface area (Å²) in [5.41, 5.74) is -0.789. The van der Waals surface area contributed by atoms with Crippen molar-refractivity contribution in [2.75, 3.05) is 5.32 Å². The van der Waals surface area contributed by atoms with Crippen LogP contribution in [0.2, 0.25) is 0 Å². The lowest BCUT2D eigenvalue weighted by molar-refractivity contribution is -0.137. The number of pyridine rings is 1. The van der Waals surface area contributed by atoms with Gasteiger partial charge in [-0.15, -0.1) is 0 Å². The van der Waals surface area contributed by atoms with Crippen LogP contribution in [0.15, 0.2) is 41.1 Å². The topological polar surface area (TPSA) is 38.1 Å². The van der Waals surface area contributed by atoms with Crippen LogP contribution in [0, 0.1) is 0 Å². The largest absolute Gasteiger partial charge is 0.467 e. The Bertz CT molecular complexity index is 508. The van der Waals surface area contributed by atoms with Crippen molar-refractivity contribution in [3.8, 4) is 0 Å². The second-order valence-electron chi connectivity index (χ2n) is 3.78. The van der Waals surface area contributed by atoms with Gasteiger partial charge in [0.1, 0.15) is 11.6 Å².